The number of amides is 1. The number of hydrogen-bond donors (Lipinski definition) is 1. The fourth-order valence-corrected chi connectivity index (χ4v) is 2.30. The summed E-state index contributed by atoms with van der Waals surface area (Å²) in [5, 5.41) is 10.1. The fourth-order valence-electron chi connectivity index (χ4n) is 2.07. The first-order chi connectivity index (χ1) is 8.16. The summed E-state index contributed by atoms with van der Waals surface area (Å²) < 4.78 is 0. The van der Waals surface area contributed by atoms with Crippen molar-refractivity contribution >= 4 is 17.5 Å². The van der Waals surface area contributed by atoms with Crippen LogP contribution in [0.3, 0.4) is 0 Å². The standard InChI is InChI=1S/C13H16ClNO2/c14-12-4-2-1-3-10(12)5-6-13(17)15-8-7-11(16)9-15/h1-4,11,16H,5-9H2/t11-/m1/s1. The molecule has 4 heteroatoms. The lowest BCUT2D eigenvalue weighted by molar-refractivity contribution is -0.130. The van der Waals surface area contributed by atoms with Gasteiger partial charge >= 0.3 is 0 Å². The molecular formula is C13H16ClNO2. The van der Waals surface area contributed by atoms with Crippen molar-refractivity contribution in [3.8, 4) is 0 Å². The Kier molecular flexibility index (Phi) is 4.02. The van der Waals surface area contributed by atoms with Crippen LogP contribution in [-0.4, -0.2) is 35.1 Å². The summed E-state index contributed by atoms with van der Waals surface area (Å²) in [5.41, 5.74) is 1.00. The molecule has 1 atom stereocenters. The van der Waals surface area contributed by atoms with Crippen molar-refractivity contribution < 1.29 is 9.90 Å². The van der Waals surface area contributed by atoms with Gasteiger partial charge in [-0.3, -0.25) is 4.79 Å². The second-order valence-corrected chi connectivity index (χ2v) is 4.78. The quantitative estimate of drug-likeness (QED) is 0.893. The summed E-state index contributed by atoms with van der Waals surface area (Å²) in [6, 6.07) is 7.57. The lowest BCUT2D eigenvalue weighted by atomic mass is 10.1. The summed E-state index contributed by atoms with van der Waals surface area (Å²) in [4.78, 5) is 13.6. The van der Waals surface area contributed by atoms with Crippen LogP contribution < -0.4 is 0 Å². The van der Waals surface area contributed by atoms with Crippen LogP contribution in [0.2, 0.25) is 5.02 Å². The van der Waals surface area contributed by atoms with Gasteiger partial charge in [0, 0.05) is 24.5 Å². The molecule has 0 aromatic heterocycles. The van der Waals surface area contributed by atoms with Gasteiger partial charge in [0.2, 0.25) is 5.91 Å². The molecule has 1 fully saturated rings. The Bertz CT molecular complexity index is 408. The van der Waals surface area contributed by atoms with E-state index in [0.717, 1.165) is 5.56 Å². The Morgan fingerprint density at radius 1 is 1.47 bits per heavy atom. The molecule has 17 heavy (non-hydrogen) atoms. The third-order valence-corrected chi connectivity index (χ3v) is 3.45. The largest absolute Gasteiger partial charge is 0.391 e. The number of hydrogen-bond acceptors (Lipinski definition) is 2. The number of rotatable bonds is 3. The van der Waals surface area contributed by atoms with Crippen molar-refractivity contribution in [1.82, 2.24) is 4.90 Å². The van der Waals surface area contributed by atoms with Crippen LogP contribution in [0.1, 0.15) is 18.4 Å². The first kappa shape index (κ1) is 12.4. The Morgan fingerprint density at radius 2 is 2.24 bits per heavy atom. The van der Waals surface area contributed by atoms with Gasteiger partial charge < -0.3 is 10.0 Å². The first-order valence-corrected chi connectivity index (χ1v) is 6.24. The van der Waals surface area contributed by atoms with E-state index in [2.05, 4.69) is 0 Å². The highest BCUT2D eigenvalue weighted by molar-refractivity contribution is 6.31. The van der Waals surface area contributed by atoms with Gasteiger partial charge in [-0.15, -0.1) is 0 Å². The summed E-state index contributed by atoms with van der Waals surface area (Å²) in [5.74, 6) is 0.0986. The molecule has 1 N–H and O–H groups in total. The van der Waals surface area contributed by atoms with E-state index < -0.39 is 0 Å². The Balaban J connectivity index is 1.86. The number of nitrogens with zero attached hydrogens (tertiary/aromatic N) is 1. The van der Waals surface area contributed by atoms with Crippen LogP contribution in [0.5, 0.6) is 0 Å². The van der Waals surface area contributed by atoms with Gasteiger partial charge in [0.15, 0.2) is 0 Å². The minimum atomic E-state index is -0.348. The second kappa shape index (κ2) is 5.52. The van der Waals surface area contributed by atoms with E-state index in [0.29, 0.717) is 37.4 Å². The molecule has 0 bridgehead atoms. The summed E-state index contributed by atoms with van der Waals surface area (Å²) in [7, 11) is 0. The molecule has 1 aliphatic heterocycles. The zero-order valence-electron chi connectivity index (χ0n) is 9.60. The van der Waals surface area contributed by atoms with Crippen LogP contribution >= 0.6 is 11.6 Å². The van der Waals surface area contributed by atoms with Gasteiger partial charge in [0.25, 0.3) is 0 Å². The van der Waals surface area contributed by atoms with Crippen molar-refractivity contribution in [2.45, 2.75) is 25.4 Å². The van der Waals surface area contributed by atoms with Crippen LogP contribution in [0, 0.1) is 0 Å². The molecule has 0 saturated carbocycles. The van der Waals surface area contributed by atoms with E-state index in [1.54, 1.807) is 4.90 Å². The summed E-state index contributed by atoms with van der Waals surface area (Å²) in [6.45, 7) is 1.14. The monoisotopic (exact) mass is 253 g/mol. The van der Waals surface area contributed by atoms with E-state index in [1.807, 2.05) is 24.3 Å². The molecule has 1 amide bonds. The number of likely N-dealkylation sites (tertiary alicyclic amines) is 1. The van der Waals surface area contributed by atoms with Crippen molar-refractivity contribution in [3.63, 3.8) is 0 Å². The van der Waals surface area contributed by atoms with Gasteiger partial charge in [0.1, 0.15) is 0 Å². The Labute approximate surface area is 106 Å². The number of carbonyl (C=O) groups excluding carboxylic acids is 1. The number of β-amino-alcohol motifs (C(OH)–C–C–N with tert-alkyl or cyclic N) is 1. The van der Waals surface area contributed by atoms with Crippen molar-refractivity contribution in [3.05, 3.63) is 34.9 Å². The number of aryl methyl sites for hydroxylation is 1. The van der Waals surface area contributed by atoms with Crippen molar-refractivity contribution in [2.24, 2.45) is 0 Å². The van der Waals surface area contributed by atoms with Gasteiger partial charge in [-0.1, -0.05) is 29.8 Å². The first-order valence-electron chi connectivity index (χ1n) is 5.86. The fraction of sp³-hybridized carbons (Fsp3) is 0.462. The van der Waals surface area contributed by atoms with E-state index in [-0.39, 0.29) is 12.0 Å². The van der Waals surface area contributed by atoms with E-state index >= 15 is 0 Å². The molecule has 3 nitrogen and oxygen atoms in total. The number of aliphatic hydroxyl groups excluding tert-OH is 1. The predicted octanol–water partition coefficient (Wildman–Crippen LogP) is 1.87. The average Bonchev–Trinajstić information content (AvgIpc) is 2.74. The molecule has 0 unspecified atom stereocenters. The molecule has 0 spiro atoms. The van der Waals surface area contributed by atoms with Crippen LogP contribution in [0.25, 0.3) is 0 Å². The molecular weight excluding hydrogens is 238 g/mol. The molecule has 1 aromatic rings. The second-order valence-electron chi connectivity index (χ2n) is 4.37. The number of aliphatic hydroxyl groups is 1. The van der Waals surface area contributed by atoms with Crippen LogP contribution in [0.4, 0.5) is 0 Å². The molecule has 1 heterocycles. The third kappa shape index (κ3) is 3.20. The van der Waals surface area contributed by atoms with Crippen molar-refractivity contribution in [1.29, 1.82) is 0 Å². The van der Waals surface area contributed by atoms with Gasteiger partial charge in [-0.25, -0.2) is 0 Å². The highest BCUT2D eigenvalue weighted by Gasteiger charge is 2.23. The van der Waals surface area contributed by atoms with E-state index in [9.17, 15) is 9.90 Å². The van der Waals surface area contributed by atoms with Gasteiger partial charge in [0.05, 0.1) is 6.10 Å². The number of benzene rings is 1. The zero-order valence-corrected chi connectivity index (χ0v) is 10.4. The maximum absolute atomic E-state index is 11.8. The Hall–Kier alpha value is -1.06. The predicted molar refractivity (Wildman–Crippen MR) is 67.0 cm³/mol. The number of halogens is 1. The smallest absolute Gasteiger partial charge is 0.222 e. The summed E-state index contributed by atoms with van der Waals surface area (Å²) in [6.07, 6.45) is 1.46. The minimum absolute atomic E-state index is 0.0986. The SMILES string of the molecule is O=C(CCc1ccccc1Cl)N1CC[C@@H](O)C1. The Morgan fingerprint density at radius 3 is 2.88 bits per heavy atom. The average molecular weight is 254 g/mol. The zero-order chi connectivity index (χ0) is 12.3. The minimum Gasteiger partial charge on any atom is -0.391 e. The highest BCUT2D eigenvalue weighted by Crippen LogP contribution is 2.18. The van der Waals surface area contributed by atoms with Crippen LogP contribution in [0.15, 0.2) is 24.3 Å². The third-order valence-electron chi connectivity index (χ3n) is 3.08. The highest BCUT2D eigenvalue weighted by atomic mass is 35.5. The molecule has 0 aliphatic carbocycles. The summed E-state index contributed by atoms with van der Waals surface area (Å²) >= 11 is 6.03. The molecule has 2 rings (SSSR count). The maximum Gasteiger partial charge on any atom is 0.222 e. The van der Waals surface area contributed by atoms with E-state index in [4.69, 9.17) is 11.6 Å². The van der Waals surface area contributed by atoms with Gasteiger partial charge in [-0.2, -0.15) is 0 Å². The lowest BCUT2D eigenvalue weighted by Gasteiger charge is -2.15. The molecule has 1 aromatic carbocycles. The van der Waals surface area contributed by atoms with Gasteiger partial charge in [-0.05, 0) is 24.5 Å². The van der Waals surface area contributed by atoms with Crippen molar-refractivity contribution in [2.75, 3.05) is 13.1 Å². The molecule has 92 valence electrons. The molecule has 1 saturated heterocycles. The van der Waals surface area contributed by atoms with Crippen LogP contribution in [-0.2, 0) is 11.2 Å². The lowest BCUT2D eigenvalue weighted by Crippen LogP contribution is -2.29. The number of carbonyl (C=O) groups is 1. The normalized spacial score (nSPS) is 19.6. The molecule has 1 aliphatic rings. The maximum atomic E-state index is 11.8. The molecule has 0 radical (unpaired) electrons. The van der Waals surface area contributed by atoms with E-state index in [1.165, 1.54) is 0 Å². The topological polar surface area (TPSA) is 40.5 Å².